The number of carbonyl (C=O) groups excluding carboxylic acids is 2. The van der Waals surface area contributed by atoms with E-state index < -0.39 is 0 Å². The van der Waals surface area contributed by atoms with Gasteiger partial charge in [0.2, 0.25) is 5.91 Å². The maximum Gasteiger partial charge on any atom is 0.337 e. The summed E-state index contributed by atoms with van der Waals surface area (Å²) in [6.45, 7) is 0.509. The number of hydrogen-bond donors (Lipinski definition) is 1. The van der Waals surface area contributed by atoms with Crippen LogP contribution in [0.4, 0.5) is 0 Å². The van der Waals surface area contributed by atoms with E-state index >= 15 is 0 Å². The summed E-state index contributed by atoms with van der Waals surface area (Å²) in [7, 11) is 4.50. The molecular weight excluding hydrogens is 334 g/mol. The third-order valence-corrected chi connectivity index (χ3v) is 3.96. The van der Waals surface area contributed by atoms with Crippen LogP contribution >= 0.6 is 0 Å². The summed E-state index contributed by atoms with van der Waals surface area (Å²) < 4.78 is 15.1. The van der Waals surface area contributed by atoms with Crippen molar-refractivity contribution in [3.63, 3.8) is 0 Å². The van der Waals surface area contributed by atoms with Gasteiger partial charge in [-0.1, -0.05) is 18.2 Å². The average molecular weight is 357 g/mol. The topological polar surface area (TPSA) is 73.9 Å². The van der Waals surface area contributed by atoms with Gasteiger partial charge >= 0.3 is 5.97 Å². The summed E-state index contributed by atoms with van der Waals surface area (Å²) in [4.78, 5) is 23.5. The van der Waals surface area contributed by atoms with Gasteiger partial charge in [-0.05, 0) is 30.2 Å². The van der Waals surface area contributed by atoms with Crippen molar-refractivity contribution in [3.8, 4) is 11.5 Å². The number of rotatable bonds is 8. The molecule has 0 radical (unpaired) electrons. The van der Waals surface area contributed by atoms with Gasteiger partial charge in [0.1, 0.15) is 11.5 Å². The Labute approximate surface area is 153 Å². The van der Waals surface area contributed by atoms with Gasteiger partial charge in [-0.15, -0.1) is 0 Å². The third-order valence-electron chi connectivity index (χ3n) is 3.96. The summed E-state index contributed by atoms with van der Waals surface area (Å²) >= 11 is 0. The molecule has 1 amide bonds. The Morgan fingerprint density at radius 2 is 1.69 bits per heavy atom. The molecule has 1 N–H and O–H groups in total. The fourth-order valence-corrected chi connectivity index (χ4v) is 2.50. The molecule has 138 valence electrons. The highest BCUT2D eigenvalue weighted by Gasteiger charge is 2.10. The molecule has 0 aromatic heterocycles. The summed E-state index contributed by atoms with van der Waals surface area (Å²) in [6, 6.07) is 12.5. The summed E-state index contributed by atoms with van der Waals surface area (Å²) in [5.41, 5.74) is 2.33. The number of esters is 1. The van der Waals surface area contributed by atoms with Crippen molar-refractivity contribution in [2.24, 2.45) is 0 Å². The van der Waals surface area contributed by atoms with Crippen LogP contribution < -0.4 is 14.8 Å². The third kappa shape index (κ3) is 5.24. The van der Waals surface area contributed by atoms with Crippen molar-refractivity contribution in [2.45, 2.75) is 12.8 Å². The first-order valence-corrected chi connectivity index (χ1v) is 8.22. The molecule has 2 aromatic rings. The highest BCUT2D eigenvalue weighted by molar-refractivity contribution is 5.89. The Kier molecular flexibility index (Phi) is 7.02. The van der Waals surface area contributed by atoms with E-state index in [1.54, 1.807) is 38.5 Å². The molecule has 2 aromatic carbocycles. The standard InChI is InChI=1S/C20H23NO5/c1-24-17-9-8-16(18(13-17)25-2)12-19(22)21-11-10-14-4-6-15(7-5-14)20(23)26-3/h4-9,13H,10-12H2,1-3H3,(H,21,22). The predicted molar refractivity (Wildman–Crippen MR) is 97.7 cm³/mol. The second kappa shape index (κ2) is 9.46. The average Bonchev–Trinajstić information content (AvgIpc) is 2.68. The Morgan fingerprint density at radius 3 is 2.31 bits per heavy atom. The summed E-state index contributed by atoms with van der Waals surface area (Å²) in [6.07, 6.45) is 0.904. The van der Waals surface area contributed by atoms with Crippen molar-refractivity contribution >= 4 is 11.9 Å². The molecule has 0 fully saturated rings. The Hall–Kier alpha value is -3.02. The maximum atomic E-state index is 12.1. The maximum absolute atomic E-state index is 12.1. The lowest BCUT2D eigenvalue weighted by molar-refractivity contribution is -0.120. The molecule has 0 bridgehead atoms. The Balaban J connectivity index is 1.84. The molecule has 0 atom stereocenters. The van der Waals surface area contributed by atoms with E-state index in [1.165, 1.54) is 7.11 Å². The van der Waals surface area contributed by atoms with Gasteiger partial charge in [-0.25, -0.2) is 4.79 Å². The zero-order chi connectivity index (χ0) is 18.9. The van der Waals surface area contributed by atoms with Crippen molar-refractivity contribution in [2.75, 3.05) is 27.9 Å². The molecule has 0 aliphatic rings. The van der Waals surface area contributed by atoms with Crippen molar-refractivity contribution in [1.29, 1.82) is 0 Å². The van der Waals surface area contributed by atoms with Crippen LogP contribution in [0.2, 0.25) is 0 Å². The SMILES string of the molecule is COC(=O)c1ccc(CCNC(=O)Cc2ccc(OC)cc2OC)cc1. The molecule has 0 saturated heterocycles. The first-order chi connectivity index (χ1) is 12.6. The first-order valence-electron chi connectivity index (χ1n) is 8.22. The van der Waals surface area contributed by atoms with Crippen molar-refractivity contribution in [1.82, 2.24) is 5.32 Å². The fraction of sp³-hybridized carbons (Fsp3) is 0.300. The van der Waals surface area contributed by atoms with Crippen LogP contribution in [0.15, 0.2) is 42.5 Å². The summed E-state index contributed by atoms with van der Waals surface area (Å²) in [5.74, 6) is 0.859. The van der Waals surface area contributed by atoms with Crippen LogP contribution in [0, 0.1) is 0 Å². The van der Waals surface area contributed by atoms with Gasteiger partial charge in [0.25, 0.3) is 0 Å². The molecule has 0 aliphatic heterocycles. The molecule has 0 saturated carbocycles. The van der Waals surface area contributed by atoms with E-state index in [9.17, 15) is 9.59 Å². The number of ether oxygens (including phenoxy) is 3. The second-order valence-corrected chi connectivity index (χ2v) is 5.64. The van der Waals surface area contributed by atoms with Crippen LogP contribution in [-0.4, -0.2) is 39.8 Å². The van der Waals surface area contributed by atoms with Gasteiger partial charge in [0, 0.05) is 18.2 Å². The van der Waals surface area contributed by atoms with Gasteiger partial charge in [0.15, 0.2) is 0 Å². The molecule has 0 aliphatic carbocycles. The molecule has 0 heterocycles. The second-order valence-electron chi connectivity index (χ2n) is 5.64. The molecule has 0 unspecified atom stereocenters. The minimum Gasteiger partial charge on any atom is -0.497 e. The van der Waals surface area contributed by atoms with Gasteiger partial charge in [-0.3, -0.25) is 4.79 Å². The van der Waals surface area contributed by atoms with Gasteiger partial charge in [0.05, 0.1) is 33.3 Å². The van der Waals surface area contributed by atoms with E-state index in [0.717, 1.165) is 11.1 Å². The van der Waals surface area contributed by atoms with E-state index in [2.05, 4.69) is 10.1 Å². The van der Waals surface area contributed by atoms with Crippen LogP contribution in [-0.2, 0) is 22.4 Å². The monoisotopic (exact) mass is 357 g/mol. The highest BCUT2D eigenvalue weighted by Crippen LogP contribution is 2.24. The summed E-state index contributed by atoms with van der Waals surface area (Å²) in [5, 5.41) is 2.89. The highest BCUT2D eigenvalue weighted by atomic mass is 16.5. The zero-order valence-electron chi connectivity index (χ0n) is 15.2. The van der Waals surface area contributed by atoms with Crippen LogP contribution in [0.3, 0.4) is 0 Å². The van der Waals surface area contributed by atoms with Gasteiger partial charge in [-0.2, -0.15) is 0 Å². The smallest absolute Gasteiger partial charge is 0.337 e. The van der Waals surface area contributed by atoms with E-state index in [1.807, 2.05) is 18.2 Å². The molecule has 0 spiro atoms. The van der Waals surface area contributed by atoms with E-state index in [-0.39, 0.29) is 18.3 Å². The number of nitrogens with one attached hydrogen (secondary N) is 1. The van der Waals surface area contributed by atoms with Gasteiger partial charge < -0.3 is 19.5 Å². The number of carbonyl (C=O) groups is 2. The Morgan fingerprint density at radius 1 is 0.962 bits per heavy atom. The predicted octanol–water partition coefficient (Wildman–Crippen LogP) is 2.39. The number of benzene rings is 2. The Bertz CT molecular complexity index is 755. The van der Waals surface area contributed by atoms with Crippen LogP contribution in [0.1, 0.15) is 21.5 Å². The van der Waals surface area contributed by atoms with Crippen LogP contribution in [0.25, 0.3) is 0 Å². The zero-order valence-corrected chi connectivity index (χ0v) is 15.2. The fourth-order valence-electron chi connectivity index (χ4n) is 2.50. The number of hydrogen-bond acceptors (Lipinski definition) is 5. The molecule has 2 rings (SSSR count). The van der Waals surface area contributed by atoms with Crippen molar-refractivity contribution in [3.05, 3.63) is 59.2 Å². The lowest BCUT2D eigenvalue weighted by atomic mass is 10.1. The van der Waals surface area contributed by atoms with E-state index in [0.29, 0.717) is 30.0 Å². The largest absolute Gasteiger partial charge is 0.497 e. The minimum absolute atomic E-state index is 0.0837. The molecule has 6 nitrogen and oxygen atoms in total. The lowest BCUT2D eigenvalue weighted by Crippen LogP contribution is -2.27. The lowest BCUT2D eigenvalue weighted by Gasteiger charge is -2.11. The molecule has 26 heavy (non-hydrogen) atoms. The quantitative estimate of drug-likeness (QED) is 0.735. The number of amides is 1. The van der Waals surface area contributed by atoms with E-state index in [4.69, 9.17) is 9.47 Å². The number of methoxy groups -OCH3 is 3. The minimum atomic E-state index is -0.363. The van der Waals surface area contributed by atoms with Crippen LogP contribution in [0.5, 0.6) is 11.5 Å². The normalized spacial score (nSPS) is 10.1. The first kappa shape index (κ1) is 19.3. The van der Waals surface area contributed by atoms with Crippen molar-refractivity contribution < 1.29 is 23.8 Å². The molecular formula is C20H23NO5. The molecule has 6 heteroatoms.